The normalized spacial score (nSPS) is 16.5. The average Bonchev–Trinajstić information content (AvgIpc) is 2.91. The molecule has 0 atom stereocenters. The van der Waals surface area contributed by atoms with E-state index in [-0.39, 0.29) is 5.41 Å². The number of nitrogens with zero attached hydrogens (tertiary/aromatic N) is 2. The molecule has 3 aromatic carbocycles. The molecular weight excluding hydrogens is 342 g/mol. The minimum Gasteiger partial charge on any atom is -0.356 e. The van der Waals surface area contributed by atoms with Gasteiger partial charge in [-0.25, -0.2) is 0 Å². The van der Waals surface area contributed by atoms with Crippen LogP contribution in [0.1, 0.15) is 19.4 Å². The summed E-state index contributed by atoms with van der Waals surface area (Å²) >= 11 is 0. The zero-order chi connectivity index (χ0) is 19.6. The zero-order valence-electron chi connectivity index (χ0n) is 16.6. The van der Waals surface area contributed by atoms with Gasteiger partial charge in [-0.05, 0) is 54.1 Å². The first-order chi connectivity index (χ1) is 13.6. The Morgan fingerprint density at radius 1 is 0.821 bits per heavy atom. The van der Waals surface area contributed by atoms with E-state index in [1.807, 2.05) is 48.7 Å². The minimum absolute atomic E-state index is 0.0270. The molecule has 28 heavy (non-hydrogen) atoms. The average molecular weight is 367 g/mol. The van der Waals surface area contributed by atoms with Crippen molar-refractivity contribution in [1.82, 2.24) is 0 Å². The number of hydrogen-bond donors (Lipinski definition) is 1. The van der Waals surface area contributed by atoms with E-state index >= 15 is 0 Å². The summed E-state index contributed by atoms with van der Waals surface area (Å²) in [4.78, 5) is 6.88. The number of allylic oxidation sites excluding steroid dienone is 2. The zero-order valence-corrected chi connectivity index (χ0v) is 16.6. The van der Waals surface area contributed by atoms with E-state index in [0.717, 1.165) is 17.1 Å². The molecule has 1 aliphatic rings. The van der Waals surface area contributed by atoms with Gasteiger partial charge in [-0.3, -0.25) is 4.99 Å². The van der Waals surface area contributed by atoms with E-state index in [9.17, 15) is 0 Å². The number of hydrogen-bond acceptors (Lipinski definition) is 3. The Bertz CT molecular complexity index is 1020. The lowest BCUT2D eigenvalue weighted by atomic mass is 9.84. The van der Waals surface area contributed by atoms with Crippen molar-refractivity contribution in [2.45, 2.75) is 19.3 Å². The van der Waals surface area contributed by atoms with Crippen molar-refractivity contribution in [3.8, 4) is 0 Å². The van der Waals surface area contributed by atoms with Gasteiger partial charge >= 0.3 is 0 Å². The summed E-state index contributed by atoms with van der Waals surface area (Å²) in [7, 11) is 2.12. The summed E-state index contributed by atoms with van der Waals surface area (Å²) in [5.41, 5.74) is 6.91. The Morgan fingerprint density at radius 2 is 1.46 bits per heavy atom. The number of nitrogens with one attached hydrogen (secondary N) is 1. The van der Waals surface area contributed by atoms with Crippen LogP contribution in [0.3, 0.4) is 0 Å². The highest BCUT2D eigenvalue weighted by molar-refractivity contribution is 5.81. The van der Waals surface area contributed by atoms with Gasteiger partial charge in [-0.15, -0.1) is 0 Å². The van der Waals surface area contributed by atoms with Crippen LogP contribution in [0.5, 0.6) is 0 Å². The molecule has 0 bridgehead atoms. The van der Waals surface area contributed by atoms with E-state index in [1.54, 1.807) is 0 Å². The van der Waals surface area contributed by atoms with E-state index in [4.69, 9.17) is 0 Å². The second kappa shape index (κ2) is 7.35. The Morgan fingerprint density at radius 3 is 2.18 bits per heavy atom. The summed E-state index contributed by atoms with van der Waals surface area (Å²) in [6.45, 7) is 4.53. The molecule has 4 rings (SSSR count). The quantitative estimate of drug-likeness (QED) is 0.537. The highest BCUT2D eigenvalue weighted by Gasteiger charge is 2.37. The fourth-order valence-electron chi connectivity index (χ4n) is 3.81. The second-order valence-corrected chi connectivity index (χ2v) is 7.57. The standard InChI is InChI=1S/C25H25N3/c1-25(2)22-11-7-8-12-23(22)28(3)24(25)17-18-26-19-13-15-21(16-14-19)27-20-9-5-4-6-10-20/h4-18,27H,1-3H3/b24-17-,26-18?. The second-order valence-electron chi connectivity index (χ2n) is 7.57. The Balaban J connectivity index is 1.49. The van der Waals surface area contributed by atoms with E-state index in [2.05, 4.69) is 78.6 Å². The van der Waals surface area contributed by atoms with Crippen LogP contribution in [0, 0.1) is 0 Å². The topological polar surface area (TPSA) is 27.6 Å². The lowest BCUT2D eigenvalue weighted by Gasteiger charge is -2.23. The van der Waals surface area contributed by atoms with Crippen LogP contribution in [0.4, 0.5) is 22.7 Å². The number of para-hydroxylation sites is 2. The van der Waals surface area contributed by atoms with Crippen LogP contribution >= 0.6 is 0 Å². The molecule has 1 aliphatic heterocycles. The van der Waals surface area contributed by atoms with Crippen LogP contribution in [0.25, 0.3) is 0 Å². The third kappa shape index (κ3) is 3.44. The summed E-state index contributed by atoms with van der Waals surface area (Å²) in [6.07, 6.45) is 4.02. The predicted molar refractivity (Wildman–Crippen MR) is 120 cm³/mol. The van der Waals surface area contributed by atoms with Gasteiger partial charge in [-0.1, -0.05) is 50.2 Å². The number of fused-ring (bicyclic) bond motifs is 1. The van der Waals surface area contributed by atoms with E-state index in [1.165, 1.54) is 16.9 Å². The van der Waals surface area contributed by atoms with Crippen LogP contribution in [0.15, 0.2) is 95.6 Å². The van der Waals surface area contributed by atoms with Crippen molar-refractivity contribution in [1.29, 1.82) is 0 Å². The van der Waals surface area contributed by atoms with Crippen molar-refractivity contribution < 1.29 is 0 Å². The van der Waals surface area contributed by atoms with Gasteiger partial charge in [0.05, 0.1) is 5.69 Å². The molecule has 0 radical (unpaired) electrons. The smallest absolute Gasteiger partial charge is 0.0631 e. The fourth-order valence-corrected chi connectivity index (χ4v) is 3.81. The maximum atomic E-state index is 4.62. The van der Waals surface area contributed by atoms with Gasteiger partial charge < -0.3 is 10.2 Å². The highest BCUT2D eigenvalue weighted by atomic mass is 15.2. The molecule has 1 N–H and O–H groups in total. The monoisotopic (exact) mass is 367 g/mol. The SMILES string of the molecule is CN1/C(=C\C=Nc2ccc(Nc3ccccc3)cc2)C(C)(C)c2ccccc21. The van der Waals surface area contributed by atoms with Gasteiger partial charge in [0.25, 0.3) is 0 Å². The van der Waals surface area contributed by atoms with Crippen molar-refractivity contribution in [2.24, 2.45) is 4.99 Å². The van der Waals surface area contributed by atoms with Crippen LogP contribution in [-0.4, -0.2) is 13.3 Å². The molecule has 0 saturated carbocycles. The van der Waals surface area contributed by atoms with Gasteiger partial charge in [0.15, 0.2) is 0 Å². The van der Waals surface area contributed by atoms with Crippen molar-refractivity contribution in [3.63, 3.8) is 0 Å². The molecule has 0 aromatic heterocycles. The molecule has 3 heteroatoms. The van der Waals surface area contributed by atoms with Crippen molar-refractivity contribution in [2.75, 3.05) is 17.3 Å². The molecule has 140 valence electrons. The van der Waals surface area contributed by atoms with E-state index < -0.39 is 0 Å². The lowest BCUT2D eigenvalue weighted by Crippen LogP contribution is -2.22. The molecule has 0 amide bonds. The number of rotatable bonds is 4. The molecule has 0 unspecified atom stereocenters. The van der Waals surface area contributed by atoms with Gasteiger partial charge in [0.2, 0.25) is 0 Å². The Labute approximate surface area is 167 Å². The highest BCUT2D eigenvalue weighted by Crippen LogP contribution is 2.46. The third-order valence-corrected chi connectivity index (χ3v) is 5.33. The maximum absolute atomic E-state index is 4.62. The maximum Gasteiger partial charge on any atom is 0.0631 e. The third-order valence-electron chi connectivity index (χ3n) is 5.33. The number of anilines is 3. The summed E-state index contributed by atoms with van der Waals surface area (Å²) in [6, 6.07) is 26.9. The Kier molecular flexibility index (Phi) is 4.74. The minimum atomic E-state index is -0.0270. The van der Waals surface area contributed by atoms with Crippen molar-refractivity contribution >= 4 is 29.0 Å². The largest absolute Gasteiger partial charge is 0.356 e. The molecule has 0 saturated heterocycles. The fraction of sp³-hybridized carbons (Fsp3) is 0.160. The van der Waals surface area contributed by atoms with Crippen molar-refractivity contribution in [3.05, 3.63) is 96.2 Å². The molecule has 1 heterocycles. The number of benzene rings is 3. The molecule has 0 fully saturated rings. The first kappa shape index (κ1) is 18.1. The summed E-state index contributed by atoms with van der Waals surface area (Å²) < 4.78 is 0. The van der Waals surface area contributed by atoms with Crippen LogP contribution in [-0.2, 0) is 5.41 Å². The van der Waals surface area contributed by atoms with Gasteiger partial charge in [0.1, 0.15) is 0 Å². The molecule has 3 aromatic rings. The van der Waals surface area contributed by atoms with Gasteiger partial charge in [-0.2, -0.15) is 0 Å². The Hall–Kier alpha value is -3.33. The van der Waals surface area contributed by atoms with Gasteiger partial charge in [0, 0.05) is 41.4 Å². The molecule has 0 spiro atoms. The first-order valence-electron chi connectivity index (χ1n) is 9.56. The number of likely N-dealkylation sites (N-methyl/N-ethyl adjacent to an activating group) is 1. The molecular formula is C25H25N3. The van der Waals surface area contributed by atoms with E-state index in [0.29, 0.717) is 0 Å². The summed E-state index contributed by atoms with van der Waals surface area (Å²) in [5, 5.41) is 3.39. The predicted octanol–water partition coefficient (Wildman–Crippen LogP) is 6.44. The number of aliphatic imine (C=N–C) groups is 1. The summed E-state index contributed by atoms with van der Waals surface area (Å²) in [5.74, 6) is 0. The first-order valence-corrected chi connectivity index (χ1v) is 9.56. The lowest BCUT2D eigenvalue weighted by molar-refractivity contribution is 0.641. The molecule has 3 nitrogen and oxygen atoms in total. The van der Waals surface area contributed by atoms with Crippen LogP contribution < -0.4 is 10.2 Å². The van der Waals surface area contributed by atoms with Crippen LogP contribution in [0.2, 0.25) is 0 Å². The molecule has 0 aliphatic carbocycles.